The van der Waals surface area contributed by atoms with Gasteiger partial charge in [0.2, 0.25) is 5.91 Å². The molecule has 9 heteroatoms. The van der Waals surface area contributed by atoms with Crippen LogP contribution in [0.25, 0.3) is 16.7 Å². The molecule has 0 saturated carbocycles. The average molecular weight is 424 g/mol. The lowest BCUT2D eigenvalue weighted by molar-refractivity contribution is 0.100. The van der Waals surface area contributed by atoms with Crippen LogP contribution in [-0.4, -0.2) is 25.0 Å². The molecule has 4 rings (SSSR count). The molecule has 0 saturated heterocycles. The van der Waals surface area contributed by atoms with Crippen molar-refractivity contribution in [1.82, 2.24) is 19.1 Å². The van der Waals surface area contributed by atoms with Gasteiger partial charge in [-0.15, -0.1) is 0 Å². The largest absolute Gasteiger partial charge is 0.366 e. The highest BCUT2D eigenvalue weighted by Gasteiger charge is 2.15. The molecule has 2 aromatic carbocycles. The molecule has 2 aromatic heterocycles. The van der Waals surface area contributed by atoms with Gasteiger partial charge in [-0.05, 0) is 54.2 Å². The summed E-state index contributed by atoms with van der Waals surface area (Å²) in [7, 11) is 0. The molecular formula is C20H14ClN5O2S. The zero-order chi connectivity index (χ0) is 20.5. The van der Waals surface area contributed by atoms with Crippen molar-refractivity contribution < 1.29 is 4.79 Å². The fourth-order valence-electron chi connectivity index (χ4n) is 3.11. The molecule has 0 unspecified atom stereocenters. The van der Waals surface area contributed by atoms with Crippen LogP contribution in [0.3, 0.4) is 0 Å². The Hall–Kier alpha value is -3.36. The van der Waals surface area contributed by atoms with Crippen LogP contribution >= 0.6 is 23.8 Å². The Balaban J connectivity index is 2.07. The third-order valence-electron chi connectivity index (χ3n) is 4.45. The number of halogens is 1. The first kappa shape index (κ1) is 19.0. The van der Waals surface area contributed by atoms with E-state index in [4.69, 9.17) is 29.6 Å². The van der Waals surface area contributed by atoms with Crippen molar-refractivity contribution in [2.24, 2.45) is 5.73 Å². The molecule has 0 aliphatic carbocycles. The standard InChI is InChI=1S/C20H14ClN5O2S/c21-14-3-1-2-12(8-14)10-25-16-9-13(18(22)27)4-5-15(16)19(28)26(20(25)29)17-6-7-23-11-24-17/h1-9,11H,10H2,(H2,22,27). The van der Waals surface area contributed by atoms with Crippen LogP contribution in [0.4, 0.5) is 0 Å². The molecule has 0 aliphatic rings. The Morgan fingerprint density at radius 2 is 2.00 bits per heavy atom. The molecular weight excluding hydrogens is 410 g/mol. The molecule has 1 amide bonds. The van der Waals surface area contributed by atoms with Crippen LogP contribution in [0.15, 0.2) is 65.8 Å². The van der Waals surface area contributed by atoms with Crippen molar-refractivity contribution >= 4 is 40.6 Å². The zero-order valence-corrected chi connectivity index (χ0v) is 16.5. The van der Waals surface area contributed by atoms with Crippen molar-refractivity contribution in [2.75, 3.05) is 0 Å². The van der Waals surface area contributed by atoms with E-state index in [-0.39, 0.29) is 15.9 Å². The van der Waals surface area contributed by atoms with Crippen LogP contribution in [0.2, 0.25) is 5.02 Å². The SMILES string of the molecule is NC(=O)c1ccc2c(=O)n(-c3ccncn3)c(=S)n(Cc3cccc(Cl)c3)c2c1. The fourth-order valence-corrected chi connectivity index (χ4v) is 3.66. The maximum absolute atomic E-state index is 13.2. The second-order valence-electron chi connectivity index (χ2n) is 6.30. The van der Waals surface area contributed by atoms with Gasteiger partial charge in [-0.2, -0.15) is 0 Å². The number of aromatic nitrogens is 4. The molecule has 0 radical (unpaired) electrons. The molecule has 29 heavy (non-hydrogen) atoms. The van der Waals surface area contributed by atoms with Gasteiger partial charge in [0.25, 0.3) is 5.56 Å². The first-order chi connectivity index (χ1) is 14.0. The van der Waals surface area contributed by atoms with Gasteiger partial charge in [-0.1, -0.05) is 23.7 Å². The Morgan fingerprint density at radius 3 is 2.69 bits per heavy atom. The lowest BCUT2D eigenvalue weighted by atomic mass is 10.1. The number of primary amides is 1. The molecule has 0 bridgehead atoms. The second-order valence-corrected chi connectivity index (χ2v) is 7.10. The molecule has 0 aliphatic heterocycles. The first-order valence-electron chi connectivity index (χ1n) is 8.56. The summed E-state index contributed by atoms with van der Waals surface area (Å²) in [5.41, 5.74) is 6.75. The molecule has 0 spiro atoms. The van der Waals surface area contributed by atoms with Crippen molar-refractivity contribution in [1.29, 1.82) is 0 Å². The summed E-state index contributed by atoms with van der Waals surface area (Å²) >= 11 is 11.8. The average Bonchev–Trinajstić information content (AvgIpc) is 2.71. The summed E-state index contributed by atoms with van der Waals surface area (Å²) in [5, 5.41) is 0.963. The number of nitrogens with two attached hydrogens (primary N) is 1. The number of fused-ring (bicyclic) bond motifs is 1. The summed E-state index contributed by atoms with van der Waals surface area (Å²) in [4.78, 5) is 32.9. The number of carbonyl (C=O) groups excluding carboxylic acids is 1. The van der Waals surface area contributed by atoms with E-state index in [2.05, 4.69) is 9.97 Å². The third kappa shape index (κ3) is 3.55. The summed E-state index contributed by atoms with van der Waals surface area (Å²) in [6.45, 7) is 0.337. The quantitative estimate of drug-likeness (QED) is 0.509. The van der Waals surface area contributed by atoms with Crippen LogP contribution < -0.4 is 11.3 Å². The molecule has 0 atom stereocenters. The third-order valence-corrected chi connectivity index (χ3v) is 5.09. The Morgan fingerprint density at radius 1 is 1.17 bits per heavy atom. The Labute approximate surface area is 175 Å². The van der Waals surface area contributed by atoms with Gasteiger partial charge in [0.1, 0.15) is 12.1 Å². The van der Waals surface area contributed by atoms with E-state index in [1.54, 1.807) is 28.8 Å². The number of nitrogens with zero attached hydrogens (tertiary/aromatic N) is 4. The van der Waals surface area contributed by atoms with Crippen LogP contribution in [0, 0.1) is 4.77 Å². The number of rotatable bonds is 4. The molecule has 0 fully saturated rings. The smallest absolute Gasteiger partial charge is 0.267 e. The van der Waals surface area contributed by atoms with Crippen molar-refractivity contribution in [3.8, 4) is 5.82 Å². The monoisotopic (exact) mass is 423 g/mol. The molecule has 4 aromatic rings. The lowest BCUT2D eigenvalue weighted by Crippen LogP contribution is -2.26. The predicted molar refractivity (Wildman–Crippen MR) is 113 cm³/mol. The van der Waals surface area contributed by atoms with E-state index in [0.717, 1.165) is 5.56 Å². The number of benzene rings is 2. The number of hydrogen-bond donors (Lipinski definition) is 1. The summed E-state index contributed by atoms with van der Waals surface area (Å²) in [5.74, 6) is -0.233. The van der Waals surface area contributed by atoms with Gasteiger partial charge in [0, 0.05) is 16.8 Å². The normalized spacial score (nSPS) is 10.9. The highest BCUT2D eigenvalue weighted by atomic mass is 35.5. The van der Waals surface area contributed by atoms with Crippen LogP contribution in [-0.2, 0) is 6.54 Å². The van der Waals surface area contributed by atoms with E-state index >= 15 is 0 Å². The van der Waals surface area contributed by atoms with Gasteiger partial charge in [-0.3, -0.25) is 9.59 Å². The minimum atomic E-state index is -0.591. The van der Waals surface area contributed by atoms with Gasteiger partial charge >= 0.3 is 0 Å². The molecule has 2 N–H and O–H groups in total. The Bertz CT molecular complexity index is 1370. The predicted octanol–water partition coefficient (Wildman–Crippen LogP) is 3.11. The van der Waals surface area contributed by atoms with Gasteiger partial charge in [0.15, 0.2) is 4.77 Å². The topological polar surface area (TPSA) is 95.8 Å². The van der Waals surface area contributed by atoms with E-state index in [9.17, 15) is 9.59 Å². The summed E-state index contributed by atoms with van der Waals surface area (Å²) < 4.78 is 3.32. The van der Waals surface area contributed by atoms with E-state index in [0.29, 0.717) is 28.3 Å². The molecule has 2 heterocycles. The van der Waals surface area contributed by atoms with Crippen LogP contribution in [0.5, 0.6) is 0 Å². The van der Waals surface area contributed by atoms with E-state index < -0.39 is 5.91 Å². The van der Waals surface area contributed by atoms with E-state index in [1.807, 2.05) is 18.2 Å². The minimum absolute atomic E-state index is 0.225. The van der Waals surface area contributed by atoms with Crippen molar-refractivity contribution in [2.45, 2.75) is 6.54 Å². The number of carbonyl (C=O) groups is 1. The first-order valence-corrected chi connectivity index (χ1v) is 9.34. The van der Waals surface area contributed by atoms with Gasteiger partial charge in [-0.25, -0.2) is 14.5 Å². The maximum atomic E-state index is 13.2. The summed E-state index contributed by atoms with van der Waals surface area (Å²) in [6.07, 6.45) is 2.88. The molecule has 7 nitrogen and oxygen atoms in total. The van der Waals surface area contributed by atoms with Crippen LogP contribution in [0.1, 0.15) is 15.9 Å². The summed E-state index contributed by atoms with van der Waals surface area (Å²) in [6, 6.07) is 13.6. The maximum Gasteiger partial charge on any atom is 0.267 e. The lowest BCUT2D eigenvalue weighted by Gasteiger charge is -2.16. The minimum Gasteiger partial charge on any atom is -0.366 e. The highest BCUT2D eigenvalue weighted by molar-refractivity contribution is 7.71. The van der Waals surface area contributed by atoms with E-state index in [1.165, 1.54) is 23.2 Å². The number of amides is 1. The van der Waals surface area contributed by atoms with Gasteiger partial charge < -0.3 is 10.3 Å². The molecule has 144 valence electrons. The highest BCUT2D eigenvalue weighted by Crippen LogP contribution is 2.19. The van der Waals surface area contributed by atoms with Crippen molar-refractivity contribution in [3.63, 3.8) is 0 Å². The fraction of sp³-hybridized carbons (Fsp3) is 0.0500. The zero-order valence-electron chi connectivity index (χ0n) is 14.9. The Kier molecular flexibility index (Phi) is 4.96. The van der Waals surface area contributed by atoms with Crippen molar-refractivity contribution in [3.05, 3.63) is 92.3 Å². The second kappa shape index (κ2) is 7.57. The van der Waals surface area contributed by atoms with Gasteiger partial charge in [0.05, 0.1) is 17.4 Å². The number of hydrogen-bond acceptors (Lipinski definition) is 5.